The standard InChI is InChI=1S/C29H26FN5O6S/c1-15(33-39-4)28-26(29(36)31-2)18-11-17(22(13-25(18)41-28)34(3)42(5,37)38)20-9-10-24-27(32-20)23-12-16-19(30)7-6-8-21(16)35(23)14-40-24/h6-13H,14H2,1-5H3,(H,31,36). The van der Waals surface area contributed by atoms with Gasteiger partial charge in [-0.25, -0.2) is 17.8 Å². The summed E-state index contributed by atoms with van der Waals surface area (Å²) in [4.78, 5) is 22.8. The minimum absolute atomic E-state index is 0.176. The molecule has 0 radical (unpaired) electrons. The van der Waals surface area contributed by atoms with Crippen molar-refractivity contribution in [2.45, 2.75) is 13.7 Å². The zero-order chi connectivity index (χ0) is 29.9. The fourth-order valence-corrected chi connectivity index (χ4v) is 5.68. The number of benzene rings is 2. The van der Waals surface area contributed by atoms with Crippen molar-refractivity contribution in [3.05, 3.63) is 65.7 Å². The Hall–Kier alpha value is -4.91. The van der Waals surface area contributed by atoms with E-state index in [-0.39, 0.29) is 35.1 Å². The number of fused-ring (bicyclic) bond motifs is 6. The second-order valence-corrected chi connectivity index (χ2v) is 11.8. The number of carbonyl (C=O) groups excluding carboxylic acids is 1. The molecule has 0 bridgehead atoms. The Morgan fingerprint density at radius 1 is 1.19 bits per heavy atom. The van der Waals surface area contributed by atoms with Crippen molar-refractivity contribution in [1.82, 2.24) is 14.9 Å². The maximum Gasteiger partial charge on any atom is 0.255 e. The molecule has 3 aromatic heterocycles. The Labute approximate surface area is 240 Å². The number of sulfonamides is 1. The van der Waals surface area contributed by atoms with E-state index in [1.165, 1.54) is 27.3 Å². The van der Waals surface area contributed by atoms with Gasteiger partial charge in [-0.2, -0.15) is 0 Å². The van der Waals surface area contributed by atoms with Crippen LogP contribution < -0.4 is 14.4 Å². The molecule has 0 spiro atoms. The van der Waals surface area contributed by atoms with E-state index in [0.717, 1.165) is 10.6 Å². The zero-order valence-electron chi connectivity index (χ0n) is 23.4. The van der Waals surface area contributed by atoms with Crippen molar-refractivity contribution >= 4 is 49.2 Å². The number of pyridine rings is 1. The first-order chi connectivity index (χ1) is 20.0. The summed E-state index contributed by atoms with van der Waals surface area (Å²) in [6.45, 7) is 1.81. The Bertz CT molecular complexity index is 2060. The van der Waals surface area contributed by atoms with Crippen LogP contribution in [0.3, 0.4) is 0 Å². The Morgan fingerprint density at radius 2 is 1.98 bits per heavy atom. The number of anilines is 1. The van der Waals surface area contributed by atoms with Crippen molar-refractivity contribution in [2.75, 3.05) is 31.8 Å². The maximum absolute atomic E-state index is 14.6. The van der Waals surface area contributed by atoms with E-state index >= 15 is 0 Å². The summed E-state index contributed by atoms with van der Waals surface area (Å²) in [5.41, 5.74) is 3.65. The normalized spacial score (nSPS) is 13.0. The number of ether oxygens (including phenoxy) is 1. The number of hydrogen-bond acceptors (Lipinski definition) is 8. The molecule has 1 amide bonds. The molecule has 4 heterocycles. The number of furan rings is 1. The molecule has 0 fully saturated rings. The van der Waals surface area contributed by atoms with E-state index in [1.54, 1.807) is 49.4 Å². The molecule has 6 rings (SSSR count). The van der Waals surface area contributed by atoms with E-state index in [4.69, 9.17) is 19.0 Å². The lowest BCUT2D eigenvalue weighted by Gasteiger charge is -2.23. The van der Waals surface area contributed by atoms with Gasteiger partial charge in [0.05, 0.1) is 34.4 Å². The van der Waals surface area contributed by atoms with Crippen molar-refractivity contribution in [3.8, 4) is 28.4 Å². The van der Waals surface area contributed by atoms with E-state index in [0.29, 0.717) is 50.4 Å². The van der Waals surface area contributed by atoms with Crippen LogP contribution >= 0.6 is 0 Å². The third-order valence-corrected chi connectivity index (χ3v) is 8.46. The van der Waals surface area contributed by atoms with Crippen LogP contribution in [0.4, 0.5) is 10.1 Å². The minimum Gasteiger partial charge on any atom is -0.470 e. The molecule has 1 N–H and O–H groups in total. The summed E-state index contributed by atoms with van der Waals surface area (Å²) in [5.74, 6) is -0.117. The zero-order valence-corrected chi connectivity index (χ0v) is 24.2. The molecule has 0 unspecified atom stereocenters. The van der Waals surface area contributed by atoms with Gasteiger partial charge in [0.2, 0.25) is 10.0 Å². The van der Waals surface area contributed by atoms with Gasteiger partial charge in [0, 0.05) is 36.5 Å². The van der Waals surface area contributed by atoms with Crippen molar-refractivity contribution in [2.24, 2.45) is 5.16 Å². The van der Waals surface area contributed by atoms with Gasteiger partial charge in [-0.15, -0.1) is 0 Å². The second-order valence-electron chi connectivity index (χ2n) is 9.79. The van der Waals surface area contributed by atoms with Crippen molar-refractivity contribution in [3.63, 3.8) is 0 Å². The second kappa shape index (κ2) is 9.87. The largest absolute Gasteiger partial charge is 0.470 e. The number of nitrogens with one attached hydrogen (secondary N) is 1. The summed E-state index contributed by atoms with van der Waals surface area (Å²) in [6.07, 6.45) is 1.08. The van der Waals surface area contributed by atoms with Crippen LogP contribution in [0.25, 0.3) is 44.5 Å². The predicted octanol–water partition coefficient (Wildman–Crippen LogP) is 4.73. The average molecular weight is 592 g/mol. The van der Waals surface area contributed by atoms with E-state index in [2.05, 4.69) is 10.5 Å². The molecule has 0 atom stereocenters. The summed E-state index contributed by atoms with van der Waals surface area (Å²) in [7, 11) is 0.569. The van der Waals surface area contributed by atoms with Gasteiger partial charge < -0.3 is 23.9 Å². The number of nitrogens with zero attached hydrogens (tertiary/aromatic N) is 4. The quantitative estimate of drug-likeness (QED) is 0.223. The number of halogens is 1. The summed E-state index contributed by atoms with van der Waals surface area (Å²) < 4.78 is 55.0. The topological polar surface area (TPSA) is 128 Å². The molecule has 42 heavy (non-hydrogen) atoms. The fourth-order valence-electron chi connectivity index (χ4n) is 5.17. The number of aromatic nitrogens is 2. The first-order valence-corrected chi connectivity index (χ1v) is 14.6. The minimum atomic E-state index is -3.72. The molecule has 0 saturated carbocycles. The van der Waals surface area contributed by atoms with Gasteiger partial charge in [-0.3, -0.25) is 9.10 Å². The van der Waals surface area contributed by atoms with Crippen LogP contribution in [-0.4, -0.2) is 57.0 Å². The predicted molar refractivity (Wildman–Crippen MR) is 157 cm³/mol. The highest BCUT2D eigenvalue weighted by atomic mass is 32.2. The highest BCUT2D eigenvalue weighted by Gasteiger charge is 2.28. The molecular weight excluding hydrogens is 565 g/mol. The van der Waals surface area contributed by atoms with E-state index < -0.39 is 15.9 Å². The van der Waals surface area contributed by atoms with Gasteiger partial charge in [0.15, 0.2) is 12.5 Å². The monoisotopic (exact) mass is 591 g/mol. The third-order valence-electron chi connectivity index (χ3n) is 7.27. The maximum atomic E-state index is 14.6. The van der Waals surface area contributed by atoms with Crippen LogP contribution in [0.5, 0.6) is 5.75 Å². The lowest BCUT2D eigenvalue weighted by molar-refractivity contribution is 0.0963. The Morgan fingerprint density at radius 3 is 2.69 bits per heavy atom. The molecule has 0 saturated heterocycles. The number of rotatable bonds is 6. The Balaban J connectivity index is 1.64. The van der Waals surface area contributed by atoms with Gasteiger partial charge >= 0.3 is 0 Å². The van der Waals surface area contributed by atoms with Gasteiger partial charge in [0.25, 0.3) is 5.91 Å². The number of oxime groups is 1. The molecule has 11 nitrogen and oxygen atoms in total. The molecule has 0 aliphatic carbocycles. The smallest absolute Gasteiger partial charge is 0.255 e. The highest BCUT2D eigenvalue weighted by molar-refractivity contribution is 7.92. The summed E-state index contributed by atoms with van der Waals surface area (Å²) in [5, 5.41) is 7.39. The molecule has 1 aliphatic rings. The van der Waals surface area contributed by atoms with Crippen molar-refractivity contribution in [1.29, 1.82) is 0 Å². The molecule has 1 aliphatic heterocycles. The molecular formula is C29H26FN5O6S. The van der Waals surface area contributed by atoms with Crippen LogP contribution in [-0.2, 0) is 21.6 Å². The Kier molecular flexibility index (Phi) is 6.41. The van der Waals surface area contributed by atoms with Crippen LogP contribution in [0.2, 0.25) is 0 Å². The molecule has 13 heteroatoms. The SMILES string of the molecule is CNC(=O)c1c(C(C)=NOC)oc2cc(N(C)S(C)(=O)=O)c(-c3ccc4c(n3)-c3cc5c(F)cccc5n3CO4)cc12. The molecule has 216 valence electrons. The lowest BCUT2D eigenvalue weighted by atomic mass is 10.0. The molecule has 2 aromatic carbocycles. The van der Waals surface area contributed by atoms with Gasteiger partial charge in [-0.1, -0.05) is 11.2 Å². The van der Waals surface area contributed by atoms with Crippen LogP contribution in [0.15, 0.2) is 58.1 Å². The summed E-state index contributed by atoms with van der Waals surface area (Å²) in [6, 6.07) is 13.2. The number of hydrogen-bond donors (Lipinski definition) is 1. The van der Waals surface area contributed by atoms with E-state index in [1.807, 2.05) is 4.57 Å². The first-order valence-electron chi connectivity index (χ1n) is 12.8. The average Bonchev–Trinajstić information content (AvgIpc) is 3.54. The summed E-state index contributed by atoms with van der Waals surface area (Å²) >= 11 is 0. The third kappa shape index (κ3) is 4.24. The number of carbonyl (C=O) groups is 1. The number of amides is 1. The highest BCUT2D eigenvalue weighted by Crippen LogP contribution is 2.42. The van der Waals surface area contributed by atoms with Gasteiger partial charge in [0.1, 0.15) is 35.7 Å². The van der Waals surface area contributed by atoms with Gasteiger partial charge in [-0.05, 0) is 43.3 Å². The lowest BCUT2D eigenvalue weighted by Crippen LogP contribution is -2.25. The molecule has 5 aromatic rings. The van der Waals surface area contributed by atoms with Crippen LogP contribution in [0.1, 0.15) is 23.0 Å². The van der Waals surface area contributed by atoms with E-state index in [9.17, 15) is 17.6 Å². The first kappa shape index (κ1) is 27.3. The fraction of sp³-hybridized carbons (Fsp3) is 0.207. The van der Waals surface area contributed by atoms with Crippen LogP contribution in [0, 0.1) is 5.82 Å². The van der Waals surface area contributed by atoms with Crippen molar-refractivity contribution < 1.29 is 31.6 Å².